The summed E-state index contributed by atoms with van der Waals surface area (Å²) in [6, 6.07) is 8.70. The highest BCUT2D eigenvalue weighted by Gasteiger charge is 2.14. The molecule has 0 aromatic heterocycles. The molecule has 0 bridgehead atoms. The summed E-state index contributed by atoms with van der Waals surface area (Å²) in [4.78, 5) is 6.87. The van der Waals surface area contributed by atoms with E-state index in [-0.39, 0.29) is 0 Å². The number of rotatable bonds is 3. The monoisotopic (exact) mass is 260 g/mol. The van der Waals surface area contributed by atoms with Crippen LogP contribution in [0.15, 0.2) is 29.3 Å². The SMILES string of the molecule is CN(C)c1cccc(C(=NC2CCCCC2)NN)c1. The van der Waals surface area contributed by atoms with Crippen LogP contribution in [0.25, 0.3) is 0 Å². The van der Waals surface area contributed by atoms with Crippen LogP contribution in [-0.4, -0.2) is 26.0 Å². The molecule has 0 spiro atoms. The molecular weight excluding hydrogens is 236 g/mol. The maximum absolute atomic E-state index is 5.65. The average Bonchev–Trinajstić information content (AvgIpc) is 2.46. The van der Waals surface area contributed by atoms with Gasteiger partial charge in [0.15, 0.2) is 0 Å². The first kappa shape index (κ1) is 13.9. The second kappa shape index (κ2) is 6.57. The van der Waals surface area contributed by atoms with Gasteiger partial charge in [0.25, 0.3) is 0 Å². The second-order valence-corrected chi connectivity index (χ2v) is 5.36. The lowest BCUT2D eigenvalue weighted by atomic mass is 9.96. The molecule has 4 nitrogen and oxygen atoms in total. The van der Waals surface area contributed by atoms with Gasteiger partial charge in [-0.25, -0.2) is 5.84 Å². The van der Waals surface area contributed by atoms with E-state index in [4.69, 9.17) is 10.8 Å². The number of aliphatic imine (C=N–C) groups is 1. The maximum atomic E-state index is 5.65. The maximum Gasteiger partial charge on any atom is 0.142 e. The minimum Gasteiger partial charge on any atom is -0.378 e. The van der Waals surface area contributed by atoms with Crippen molar-refractivity contribution in [2.45, 2.75) is 38.1 Å². The molecule has 0 unspecified atom stereocenters. The molecule has 0 aliphatic heterocycles. The fourth-order valence-corrected chi connectivity index (χ4v) is 2.52. The first-order valence-corrected chi connectivity index (χ1v) is 7.03. The van der Waals surface area contributed by atoms with E-state index in [1.165, 1.54) is 32.1 Å². The summed E-state index contributed by atoms with van der Waals surface area (Å²) in [5.74, 6) is 6.46. The molecule has 1 aromatic carbocycles. The number of nitrogens with two attached hydrogens (primary N) is 1. The Hall–Kier alpha value is -1.55. The Kier molecular flexibility index (Phi) is 4.80. The Bertz CT molecular complexity index is 434. The lowest BCUT2D eigenvalue weighted by molar-refractivity contribution is 0.442. The molecule has 3 N–H and O–H groups in total. The van der Waals surface area contributed by atoms with Crippen molar-refractivity contribution in [3.05, 3.63) is 29.8 Å². The van der Waals surface area contributed by atoms with Crippen molar-refractivity contribution in [1.82, 2.24) is 5.43 Å². The fraction of sp³-hybridized carbons (Fsp3) is 0.533. The standard InChI is InChI=1S/C15H24N4/c1-19(2)14-10-6-7-12(11-14)15(18-16)17-13-8-4-3-5-9-13/h6-7,10-11,13H,3-5,8-9,16H2,1-2H3,(H,17,18). The average molecular weight is 260 g/mol. The van der Waals surface area contributed by atoms with Crippen molar-refractivity contribution in [2.75, 3.05) is 19.0 Å². The van der Waals surface area contributed by atoms with Crippen LogP contribution in [0, 0.1) is 0 Å². The molecule has 1 aromatic rings. The van der Waals surface area contributed by atoms with E-state index < -0.39 is 0 Å². The van der Waals surface area contributed by atoms with E-state index in [1.807, 2.05) is 20.2 Å². The molecular formula is C15H24N4. The summed E-state index contributed by atoms with van der Waals surface area (Å²) in [6.07, 6.45) is 6.26. The quantitative estimate of drug-likeness (QED) is 0.379. The van der Waals surface area contributed by atoms with Gasteiger partial charge >= 0.3 is 0 Å². The summed E-state index contributed by atoms with van der Waals surface area (Å²) < 4.78 is 0. The summed E-state index contributed by atoms with van der Waals surface area (Å²) in [5.41, 5.74) is 4.97. The van der Waals surface area contributed by atoms with Crippen LogP contribution in [0.2, 0.25) is 0 Å². The first-order chi connectivity index (χ1) is 9.20. The summed E-state index contributed by atoms with van der Waals surface area (Å²) in [6.45, 7) is 0. The molecule has 19 heavy (non-hydrogen) atoms. The zero-order valence-corrected chi connectivity index (χ0v) is 11.9. The Labute approximate surface area is 115 Å². The lowest BCUT2D eigenvalue weighted by Gasteiger charge is -2.20. The summed E-state index contributed by atoms with van der Waals surface area (Å²) in [7, 11) is 4.07. The third-order valence-electron chi connectivity index (χ3n) is 3.66. The summed E-state index contributed by atoms with van der Waals surface area (Å²) >= 11 is 0. The van der Waals surface area contributed by atoms with Gasteiger partial charge in [0, 0.05) is 25.3 Å². The molecule has 104 valence electrons. The van der Waals surface area contributed by atoms with Crippen LogP contribution < -0.4 is 16.2 Å². The molecule has 1 aliphatic rings. The van der Waals surface area contributed by atoms with E-state index in [0.29, 0.717) is 6.04 Å². The minimum absolute atomic E-state index is 0.419. The van der Waals surface area contributed by atoms with E-state index in [1.54, 1.807) is 0 Å². The molecule has 1 aliphatic carbocycles. The number of amidine groups is 1. The number of hydrogen-bond acceptors (Lipinski definition) is 3. The van der Waals surface area contributed by atoms with Crippen LogP contribution in [0.3, 0.4) is 0 Å². The van der Waals surface area contributed by atoms with Gasteiger partial charge in [0.1, 0.15) is 5.84 Å². The van der Waals surface area contributed by atoms with Gasteiger partial charge in [-0.05, 0) is 25.0 Å². The number of anilines is 1. The normalized spacial score (nSPS) is 17.3. The predicted octanol–water partition coefficient (Wildman–Crippen LogP) is 2.30. The van der Waals surface area contributed by atoms with Gasteiger partial charge in [-0.1, -0.05) is 31.4 Å². The van der Waals surface area contributed by atoms with Crippen LogP contribution in [0.4, 0.5) is 5.69 Å². The van der Waals surface area contributed by atoms with Crippen molar-refractivity contribution in [1.29, 1.82) is 0 Å². The molecule has 0 atom stereocenters. The van der Waals surface area contributed by atoms with Crippen molar-refractivity contribution >= 4 is 11.5 Å². The van der Waals surface area contributed by atoms with Crippen molar-refractivity contribution in [2.24, 2.45) is 10.8 Å². The highest BCUT2D eigenvalue weighted by molar-refractivity contribution is 5.99. The fourth-order valence-electron chi connectivity index (χ4n) is 2.52. The lowest BCUT2D eigenvalue weighted by Crippen LogP contribution is -2.33. The molecule has 1 saturated carbocycles. The zero-order chi connectivity index (χ0) is 13.7. The topological polar surface area (TPSA) is 53.6 Å². The van der Waals surface area contributed by atoms with Gasteiger partial charge < -0.3 is 10.3 Å². The number of nitrogens with zero attached hydrogens (tertiary/aromatic N) is 2. The van der Waals surface area contributed by atoms with E-state index >= 15 is 0 Å². The van der Waals surface area contributed by atoms with E-state index in [2.05, 4.69) is 28.5 Å². The van der Waals surface area contributed by atoms with Crippen LogP contribution in [0.5, 0.6) is 0 Å². The first-order valence-electron chi connectivity index (χ1n) is 7.03. The molecule has 0 radical (unpaired) electrons. The Morgan fingerprint density at radius 1 is 1.26 bits per heavy atom. The Balaban J connectivity index is 2.20. The molecule has 1 fully saturated rings. The Morgan fingerprint density at radius 3 is 2.63 bits per heavy atom. The summed E-state index contributed by atoms with van der Waals surface area (Å²) in [5, 5.41) is 0. The number of hydrogen-bond donors (Lipinski definition) is 2. The molecule has 2 rings (SSSR count). The second-order valence-electron chi connectivity index (χ2n) is 5.36. The van der Waals surface area contributed by atoms with Gasteiger partial charge in [-0.15, -0.1) is 0 Å². The van der Waals surface area contributed by atoms with Crippen molar-refractivity contribution in [3.63, 3.8) is 0 Å². The van der Waals surface area contributed by atoms with Crippen LogP contribution in [-0.2, 0) is 0 Å². The number of hydrazine groups is 1. The van der Waals surface area contributed by atoms with Gasteiger partial charge in [0.2, 0.25) is 0 Å². The van der Waals surface area contributed by atoms with E-state index in [9.17, 15) is 0 Å². The minimum atomic E-state index is 0.419. The number of nitrogens with one attached hydrogen (secondary N) is 1. The molecule has 0 saturated heterocycles. The molecule has 0 heterocycles. The zero-order valence-electron chi connectivity index (χ0n) is 11.9. The van der Waals surface area contributed by atoms with Crippen molar-refractivity contribution < 1.29 is 0 Å². The van der Waals surface area contributed by atoms with Gasteiger partial charge in [-0.2, -0.15) is 0 Å². The highest BCUT2D eigenvalue weighted by Crippen LogP contribution is 2.21. The molecule has 0 amide bonds. The van der Waals surface area contributed by atoms with E-state index in [0.717, 1.165) is 17.1 Å². The predicted molar refractivity (Wildman–Crippen MR) is 81.5 cm³/mol. The smallest absolute Gasteiger partial charge is 0.142 e. The highest BCUT2D eigenvalue weighted by atomic mass is 15.3. The number of benzene rings is 1. The van der Waals surface area contributed by atoms with Crippen molar-refractivity contribution in [3.8, 4) is 0 Å². The van der Waals surface area contributed by atoms with Crippen LogP contribution in [0.1, 0.15) is 37.7 Å². The molecule has 4 heteroatoms. The van der Waals surface area contributed by atoms with Gasteiger partial charge in [-0.3, -0.25) is 4.99 Å². The van der Waals surface area contributed by atoms with Crippen LogP contribution >= 0.6 is 0 Å². The third-order valence-corrected chi connectivity index (χ3v) is 3.66. The van der Waals surface area contributed by atoms with Gasteiger partial charge in [0.05, 0.1) is 6.04 Å². The largest absolute Gasteiger partial charge is 0.378 e. The third kappa shape index (κ3) is 3.70. The Morgan fingerprint density at radius 2 is 2.00 bits per heavy atom.